The van der Waals surface area contributed by atoms with Gasteiger partial charge < -0.3 is 5.73 Å². The third kappa shape index (κ3) is 2.74. The van der Waals surface area contributed by atoms with E-state index in [1.165, 1.54) is 16.2 Å². The molecule has 150 valence electrons. The van der Waals surface area contributed by atoms with Crippen molar-refractivity contribution in [2.45, 2.75) is 50.9 Å². The molecule has 1 aliphatic heterocycles. The third-order valence-corrected chi connectivity index (χ3v) is 8.42. The molecule has 2 aliphatic carbocycles. The van der Waals surface area contributed by atoms with Gasteiger partial charge in [-0.3, -0.25) is 9.69 Å². The van der Waals surface area contributed by atoms with E-state index in [0.29, 0.717) is 29.0 Å². The zero-order valence-corrected chi connectivity index (χ0v) is 18.0. The Hall–Kier alpha value is -2.87. The van der Waals surface area contributed by atoms with Crippen molar-refractivity contribution >= 4 is 33.5 Å². The average molecular weight is 433 g/mol. The molecule has 7 heteroatoms. The number of carbonyl (C=O) groups is 1. The van der Waals surface area contributed by atoms with E-state index in [2.05, 4.69) is 12.1 Å². The second-order valence-electron chi connectivity index (χ2n) is 7.83. The fourth-order valence-electron chi connectivity index (χ4n) is 4.88. The van der Waals surface area contributed by atoms with Gasteiger partial charge in [0.05, 0.1) is 23.1 Å². The highest BCUT2D eigenvalue weighted by molar-refractivity contribution is 7.16. The molecule has 0 amide bonds. The van der Waals surface area contributed by atoms with Crippen LogP contribution in [0, 0.1) is 22.7 Å². The number of carbonyl (C=O) groups excluding carboxylic acids is 1. The number of fused-ring (bicyclic) bond motifs is 1. The summed E-state index contributed by atoms with van der Waals surface area (Å²) in [4.78, 5) is 17.2. The van der Waals surface area contributed by atoms with Gasteiger partial charge in [0.1, 0.15) is 16.9 Å². The summed E-state index contributed by atoms with van der Waals surface area (Å²) in [6.45, 7) is 0. The van der Waals surface area contributed by atoms with Crippen LogP contribution in [0.3, 0.4) is 0 Å². The molecule has 5 nitrogen and oxygen atoms in total. The molecular weight excluding hydrogens is 412 g/mol. The van der Waals surface area contributed by atoms with Gasteiger partial charge in [0, 0.05) is 27.4 Å². The fourth-order valence-corrected chi connectivity index (χ4v) is 7.10. The van der Waals surface area contributed by atoms with Gasteiger partial charge in [-0.1, -0.05) is 6.07 Å². The molecular formula is C23H20N4OS2. The van der Waals surface area contributed by atoms with Gasteiger partial charge in [0.2, 0.25) is 0 Å². The van der Waals surface area contributed by atoms with E-state index in [-0.39, 0.29) is 5.78 Å². The quantitative estimate of drug-likeness (QED) is 0.731. The minimum Gasteiger partial charge on any atom is -0.384 e. The highest BCUT2D eigenvalue weighted by Crippen LogP contribution is 2.50. The van der Waals surface area contributed by atoms with Crippen LogP contribution in [0.4, 0.5) is 5.00 Å². The van der Waals surface area contributed by atoms with Crippen LogP contribution < -0.4 is 10.6 Å². The van der Waals surface area contributed by atoms with Gasteiger partial charge in [-0.25, -0.2) is 0 Å². The third-order valence-electron chi connectivity index (χ3n) is 6.21. The van der Waals surface area contributed by atoms with E-state index in [9.17, 15) is 15.3 Å². The summed E-state index contributed by atoms with van der Waals surface area (Å²) in [6, 6.07) is 8.60. The van der Waals surface area contributed by atoms with Gasteiger partial charge in [-0.15, -0.1) is 22.7 Å². The molecule has 0 radical (unpaired) electrons. The summed E-state index contributed by atoms with van der Waals surface area (Å²) in [5.41, 5.74) is 10.4. The maximum Gasteiger partial charge on any atom is 0.161 e. The van der Waals surface area contributed by atoms with Crippen LogP contribution in [-0.4, -0.2) is 5.78 Å². The Morgan fingerprint density at radius 3 is 2.67 bits per heavy atom. The maximum atomic E-state index is 13.1. The highest BCUT2D eigenvalue weighted by atomic mass is 32.1. The summed E-state index contributed by atoms with van der Waals surface area (Å²) in [5, 5.41) is 22.8. The largest absolute Gasteiger partial charge is 0.384 e. The van der Waals surface area contributed by atoms with Crippen LogP contribution in [0.25, 0.3) is 0 Å². The second kappa shape index (κ2) is 7.43. The predicted octanol–water partition coefficient (Wildman–Crippen LogP) is 4.86. The van der Waals surface area contributed by atoms with Crippen molar-refractivity contribution < 1.29 is 4.79 Å². The molecule has 3 heterocycles. The minimum atomic E-state index is -0.408. The number of nitrogens with two attached hydrogens (primary N) is 1. The highest BCUT2D eigenvalue weighted by Gasteiger charge is 2.42. The lowest BCUT2D eigenvalue weighted by Gasteiger charge is -2.38. The van der Waals surface area contributed by atoms with Gasteiger partial charge in [-0.05, 0) is 55.5 Å². The Morgan fingerprint density at radius 1 is 1.10 bits per heavy atom. The van der Waals surface area contributed by atoms with Crippen LogP contribution in [-0.2, 0) is 17.6 Å². The average Bonchev–Trinajstić information content (AvgIpc) is 3.40. The summed E-state index contributed by atoms with van der Waals surface area (Å²) in [6.07, 6.45) is 6.04. The van der Waals surface area contributed by atoms with Crippen molar-refractivity contribution in [1.82, 2.24) is 0 Å². The van der Waals surface area contributed by atoms with E-state index >= 15 is 0 Å². The van der Waals surface area contributed by atoms with Gasteiger partial charge in [0.25, 0.3) is 0 Å². The monoisotopic (exact) mass is 432 g/mol. The van der Waals surface area contributed by atoms with Crippen molar-refractivity contribution in [3.05, 3.63) is 61.1 Å². The first kappa shape index (κ1) is 19.1. The molecule has 2 aromatic heterocycles. The van der Waals surface area contributed by atoms with Gasteiger partial charge in [-0.2, -0.15) is 10.5 Å². The molecule has 5 rings (SSSR count). The normalized spacial score (nSPS) is 21.2. The number of hydrogen-bond acceptors (Lipinski definition) is 7. The van der Waals surface area contributed by atoms with Crippen LogP contribution in [0.5, 0.6) is 0 Å². The molecule has 1 atom stereocenters. The van der Waals surface area contributed by atoms with Crippen molar-refractivity contribution in [2.24, 2.45) is 5.73 Å². The number of ketones is 1. The standard InChI is InChI=1S/C23H20N4OS2/c24-11-14-13-5-1-2-8-18(13)30-23(14)27-16-6-3-7-17(28)21(16)20(15(12-25)22(27)26)19-9-4-10-29-19/h4,9-10,20H,1-3,5-8,26H2/t20-/m1/s1. The number of allylic oxidation sites excluding steroid dienone is 3. The summed E-state index contributed by atoms with van der Waals surface area (Å²) in [7, 11) is 0. The molecule has 0 saturated carbocycles. The fraction of sp³-hybridized carbons (Fsp3) is 0.348. The summed E-state index contributed by atoms with van der Waals surface area (Å²) >= 11 is 3.14. The Labute approximate surface area is 183 Å². The molecule has 0 spiro atoms. The number of hydrogen-bond donors (Lipinski definition) is 1. The lowest BCUT2D eigenvalue weighted by molar-refractivity contribution is -0.116. The molecule has 0 saturated heterocycles. The van der Waals surface area contributed by atoms with E-state index in [1.54, 1.807) is 11.3 Å². The number of thiophene rings is 2. The second-order valence-corrected chi connectivity index (χ2v) is 9.90. The number of Topliss-reactive ketones (excluding diaryl/α,β-unsaturated/α-hetero) is 1. The van der Waals surface area contributed by atoms with Crippen LogP contribution in [0.2, 0.25) is 0 Å². The summed E-state index contributed by atoms with van der Waals surface area (Å²) in [5.74, 6) is 0.0355. The Balaban J connectivity index is 1.77. The summed E-state index contributed by atoms with van der Waals surface area (Å²) < 4.78 is 0. The molecule has 0 aromatic carbocycles. The first-order chi connectivity index (χ1) is 14.7. The first-order valence-electron chi connectivity index (χ1n) is 10.2. The van der Waals surface area contributed by atoms with Crippen LogP contribution in [0.1, 0.15) is 58.9 Å². The Kier molecular flexibility index (Phi) is 4.73. The van der Waals surface area contributed by atoms with Gasteiger partial charge in [0.15, 0.2) is 5.78 Å². The molecule has 3 aliphatic rings. The van der Waals surface area contributed by atoms with Crippen LogP contribution in [0.15, 0.2) is 40.2 Å². The molecule has 2 N–H and O–H groups in total. The minimum absolute atomic E-state index is 0.0831. The molecule has 0 unspecified atom stereocenters. The SMILES string of the molecule is N#CC1=C(N)N(c2sc3c(c2C#N)CCCC3)C2=C(C(=O)CCC2)[C@H]1c1cccs1. The van der Waals surface area contributed by atoms with E-state index < -0.39 is 5.92 Å². The topological polar surface area (TPSA) is 93.9 Å². The number of nitriles is 2. The number of aryl methyl sites for hydroxylation is 1. The van der Waals surface area contributed by atoms with E-state index in [1.807, 2.05) is 22.4 Å². The van der Waals surface area contributed by atoms with E-state index in [0.717, 1.165) is 59.7 Å². The van der Waals surface area contributed by atoms with Gasteiger partial charge >= 0.3 is 0 Å². The Bertz CT molecular complexity index is 1190. The lowest BCUT2D eigenvalue weighted by atomic mass is 9.78. The zero-order valence-electron chi connectivity index (χ0n) is 16.4. The molecule has 30 heavy (non-hydrogen) atoms. The molecule has 0 fully saturated rings. The van der Waals surface area contributed by atoms with Crippen molar-refractivity contribution in [1.29, 1.82) is 10.5 Å². The first-order valence-corrected chi connectivity index (χ1v) is 11.9. The maximum absolute atomic E-state index is 13.1. The predicted molar refractivity (Wildman–Crippen MR) is 118 cm³/mol. The van der Waals surface area contributed by atoms with E-state index in [4.69, 9.17) is 5.73 Å². The van der Waals surface area contributed by atoms with Crippen molar-refractivity contribution in [3.8, 4) is 12.1 Å². The number of nitrogens with zero attached hydrogens (tertiary/aromatic N) is 3. The number of rotatable bonds is 2. The van der Waals surface area contributed by atoms with Crippen molar-refractivity contribution in [2.75, 3.05) is 4.90 Å². The van der Waals surface area contributed by atoms with Crippen LogP contribution >= 0.6 is 22.7 Å². The smallest absolute Gasteiger partial charge is 0.161 e. The molecule has 0 bridgehead atoms. The Morgan fingerprint density at radius 2 is 1.93 bits per heavy atom. The lowest BCUT2D eigenvalue weighted by Crippen LogP contribution is -2.38. The number of anilines is 1. The zero-order chi connectivity index (χ0) is 20.8. The molecule has 2 aromatic rings. The van der Waals surface area contributed by atoms with Crippen molar-refractivity contribution in [3.63, 3.8) is 0 Å².